The monoisotopic (exact) mass is 491 g/mol. The van der Waals surface area contributed by atoms with E-state index in [1.807, 2.05) is 22.3 Å². The van der Waals surface area contributed by atoms with E-state index in [-0.39, 0.29) is 10.6 Å². The van der Waals surface area contributed by atoms with Gasteiger partial charge in [-0.05, 0) is 30.5 Å². The number of rotatable bonds is 6. The largest absolute Gasteiger partial charge is 0.378 e. The first-order valence-corrected chi connectivity index (χ1v) is 13.0. The van der Waals surface area contributed by atoms with Crippen molar-refractivity contribution in [2.75, 3.05) is 31.2 Å². The number of hydrogen-bond donors (Lipinski definition) is 0. The van der Waals surface area contributed by atoms with Crippen molar-refractivity contribution in [2.24, 2.45) is 10.1 Å². The molecule has 1 saturated carbocycles. The number of nitro groups is 1. The highest BCUT2D eigenvalue weighted by molar-refractivity contribution is 7.07. The quantitative estimate of drug-likeness (QED) is 0.273. The van der Waals surface area contributed by atoms with Crippen LogP contribution in [-0.2, 0) is 4.74 Å². The molecule has 0 spiro atoms. The lowest BCUT2D eigenvalue weighted by Crippen LogP contribution is -2.36. The van der Waals surface area contributed by atoms with Gasteiger partial charge in [0.1, 0.15) is 0 Å². The minimum atomic E-state index is -0.368. The fraction of sp³-hybridized carbons (Fsp3) is 0.385. The second-order valence-electron chi connectivity index (χ2n) is 8.88. The van der Waals surface area contributed by atoms with E-state index in [1.54, 1.807) is 12.1 Å². The van der Waals surface area contributed by atoms with Gasteiger partial charge in [0.05, 0.1) is 36.1 Å². The summed E-state index contributed by atoms with van der Waals surface area (Å²) < 4.78 is 7.28. The number of ether oxygens (including phenoxy) is 1. The summed E-state index contributed by atoms with van der Waals surface area (Å²) in [6.07, 6.45) is 7.70. The maximum atomic E-state index is 11.3. The summed E-state index contributed by atoms with van der Waals surface area (Å²) in [7, 11) is 0. The summed E-state index contributed by atoms with van der Waals surface area (Å²) in [5.74, 6) is 0. The molecule has 2 aliphatic rings. The molecular formula is C26H29N5O3S. The van der Waals surface area contributed by atoms with E-state index < -0.39 is 0 Å². The first kappa shape index (κ1) is 23.4. The van der Waals surface area contributed by atoms with Crippen LogP contribution in [0, 0.1) is 10.1 Å². The number of aromatic nitrogens is 1. The van der Waals surface area contributed by atoms with Crippen molar-refractivity contribution in [3.05, 3.63) is 74.4 Å². The average Bonchev–Trinajstić information content (AvgIpc) is 3.31. The highest BCUT2D eigenvalue weighted by Crippen LogP contribution is 2.25. The molecule has 182 valence electrons. The van der Waals surface area contributed by atoms with E-state index in [0.29, 0.717) is 6.04 Å². The van der Waals surface area contributed by atoms with Crippen LogP contribution in [0.2, 0.25) is 0 Å². The molecular weight excluding hydrogens is 462 g/mol. The number of non-ortho nitro benzene ring substituents is 1. The topological polar surface area (TPSA) is 85.3 Å². The summed E-state index contributed by atoms with van der Waals surface area (Å²) in [6, 6.07) is 15.3. The molecule has 5 rings (SSSR count). The molecule has 0 atom stereocenters. The Balaban J connectivity index is 1.47. The van der Waals surface area contributed by atoms with Crippen molar-refractivity contribution in [3.8, 4) is 11.3 Å². The Morgan fingerprint density at radius 1 is 1.06 bits per heavy atom. The van der Waals surface area contributed by atoms with Gasteiger partial charge in [0.2, 0.25) is 4.80 Å². The van der Waals surface area contributed by atoms with E-state index in [4.69, 9.17) is 14.8 Å². The zero-order valence-corrected chi connectivity index (χ0v) is 20.4. The summed E-state index contributed by atoms with van der Waals surface area (Å²) in [5, 5.41) is 18.1. The maximum absolute atomic E-state index is 11.3. The normalized spacial score (nSPS) is 17.8. The Hall–Kier alpha value is -3.30. The third kappa shape index (κ3) is 5.68. The lowest BCUT2D eigenvalue weighted by atomic mass is 9.96. The van der Waals surface area contributed by atoms with Crippen LogP contribution in [0.25, 0.3) is 11.3 Å². The van der Waals surface area contributed by atoms with Crippen molar-refractivity contribution < 1.29 is 9.66 Å². The van der Waals surface area contributed by atoms with Gasteiger partial charge >= 0.3 is 0 Å². The molecule has 0 amide bonds. The Morgan fingerprint density at radius 3 is 2.57 bits per heavy atom. The molecule has 0 radical (unpaired) electrons. The van der Waals surface area contributed by atoms with E-state index in [1.165, 1.54) is 42.4 Å². The molecule has 2 fully saturated rings. The van der Waals surface area contributed by atoms with Crippen molar-refractivity contribution >= 4 is 28.9 Å². The van der Waals surface area contributed by atoms with Crippen molar-refractivity contribution in [3.63, 3.8) is 0 Å². The Bertz CT molecular complexity index is 1250. The third-order valence-corrected chi connectivity index (χ3v) is 7.33. The van der Waals surface area contributed by atoms with Gasteiger partial charge in [0, 0.05) is 41.9 Å². The molecule has 8 nitrogen and oxygen atoms in total. The Morgan fingerprint density at radius 2 is 1.83 bits per heavy atom. The molecule has 2 aromatic carbocycles. The molecule has 0 unspecified atom stereocenters. The summed E-state index contributed by atoms with van der Waals surface area (Å²) in [6.45, 7) is 3.31. The van der Waals surface area contributed by atoms with Crippen molar-refractivity contribution in [1.82, 2.24) is 4.68 Å². The van der Waals surface area contributed by atoms with Crippen LogP contribution in [0.15, 0.2) is 64.0 Å². The maximum Gasteiger partial charge on any atom is 0.270 e. The minimum Gasteiger partial charge on any atom is -0.378 e. The molecule has 35 heavy (non-hydrogen) atoms. The zero-order valence-electron chi connectivity index (χ0n) is 19.6. The van der Waals surface area contributed by atoms with Gasteiger partial charge in [-0.2, -0.15) is 5.10 Å². The molecule has 9 heteroatoms. The number of morpholine rings is 1. The van der Waals surface area contributed by atoms with Gasteiger partial charge in [0.25, 0.3) is 5.69 Å². The number of nitrogens with zero attached hydrogens (tertiary/aromatic N) is 5. The van der Waals surface area contributed by atoms with Crippen LogP contribution in [-0.4, -0.2) is 48.2 Å². The van der Waals surface area contributed by atoms with Gasteiger partial charge in [-0.15, -0.1) is 11.3 Å². The highest BCUT2D eigenvalue weighted by Gasteiger charge is 2.16. The van der Waals surface area contributed by atoms with Gasteiger partial charge in [-0.3, -0.25) is 15.1 Å². The summed E-state index contributed by atoms with van der Waals surface area (Å²) in [4.78, 5) is 19.1. The molecule has 1 aromatic heterocycles. The number of hydrogen-bond acceptors (Lipinski definition) is 7. The van der Waals surface area contributed by atoms with Crippen LogP contribution in [0.3, 0.4) is 0 Å². The average molecular weight is 492 g/mol. The molecule has 1 aliphatic carbocycles. The smallest absolute Gasteiger partial charge is 0.270 e. The molecule has 2 heterocycles. The predicted octanol–water partition coefficient (Wildman–Crippen LogP) is 5.08. The van der Waals surface area contributed by atoms with Crippen LogP contribution in [0.4, 0.5) is 11.4 Å². The SMILES string of the molecule is O=[N+]([O-])c1cccc(-c2csc(=NC3CCCCC3)n2N=Cc2ccc(N3CCOCC3)cc2)c1. The number of anilines is 1. The standard InChI is InChI=1S/C26H29N5O3S/c32-31(33)24-8-4-5-21(17-24)25-19-35-26(28-22-6-2-1-3-7-22)30(25)27-18-20-9-11-23(12-10-20)29-13-15-34-16-14-29/h4-5,8-12,17-19,22H,1-3,6-7,13-16H2. The molecule has 1 saturated heterocycles. The molecule has 0 bridgehead atoms. The van der Waals surface area contributed by atoms with Gasteiger partial charge in [-0.25, -0.2) is 4.68 Å². The van der Waals surface area contributed by atoms with E-state index in [9.17, 15) is 10.1 Å². The van der Waals surface area contributed by atoms with Crippen LogP contribution in [0.5, 0.6) is 0 Å². The van der Waals surface area contributed by atoms with E-state index >= 15 is 0 Å². The minimum absolute atomic E-state index is 0.0636. The van der Waals surface area contributed by atoms with Gasteiger partial charge < -0.3 is 9.64 Å². The Kier molecular flexibility index (Phi) is 7.34. The van der Waals surface area contributed by atoms with Crippen LogP contribution in [0.1, 0.15) is 37.7 Å². The Labute approximate surface area is 208 Å². The molecule has 0 N–H and O–H groups in total. The first-order valence-electron chi connectivity index (χ1n) is 12.1. The lowest BCUT2D eigenvalue weighted by molar-refractivity contribution is -0.384. The van der Waals surface area contributed by atoms with Crippen molar-refractivity contribution in [2.45, 2.75) is 38.1 Å². The number of thiazole rings is 1. The summed E-state index contributed by atoms with van der Waals surface area (Å²) in [5.41, 5.74) is 3.77. The fourth-order valence-corrected chi connectivity index (χ4v) is 5.47. The summed E-state index contributed by atoms with van der Waals surface area (Å²) >= 11 is 1.53. The van der Waals surface area contributed by atoms with Crippen molar-refractivity contribution in [1.29, 1.82) is 0 Å². The molecule has 1 aliphatic heterocycles. The highest BCUT2D eigenvalue weighted by atomic mass is 32.1. The van der Waals surface area contributed by atoms with Gasteiger partial charge in [0.15, 0.2) is 0 Å². The van der Waals surface area contributed by atoms with Crippen LogP contribution < -0.4 is 9.70 Å². The second-order valence-corrected chi connectivity index (χ2v) is 9.72. The first-order chi connectivity index (χ1) is 17.2. The fourth-order valence-electron chi connectivity index (χ4n) is 4.56. The molecule has 3 aromatic rings. The van der Waals surface area contributed by atoms with Crippen LogP contribution >= 0.6 is 11.3 Å². The number of nitro benzene ring substituents is 1. The van der Waals surface area contributed by atoms with Gasteiger partial charge in [-0.1, -0.05) is 43.5 Å². The lowest BCUT2D eigenvalue weighted by Gasteiger charge is -2.28. The number of benzene rings is 2. The second kappa shape index (κ2) is 11.0. The van der Waals surface area contributed by atoms with E-state index in [2.05, 4.69) is 29.2 Å². The third-order valence-electron chi connectivity index (χ3n) is 6.50. The predicted molar refractivity (Wildman–Crippen MR) is 139 cm³/mol. The zero-order chi connectivity index (χ0) is 24.0. The van der Waals surface area contributed by atoms with E-state index in [0.717, 1.165) is 60.8 Å².